The molecule has 1 N–H and O–H groups in total. The largest absolute Gasteiger partial charge is 0.367 e. The van der Waals surface area contributed by atoms with E-state index in [1.807, 2.05) is 26.4 Å². The number of pyridine rings is 1. The van der Waals surface area contributed by atoms with Gasteiger partial charge in [0.25, 0.3) is 5.91 Å². The highest BCUT2D eigenvalue weighted by molar-refractivity contribution is 5.92. The Hall–Kier alpha value is -2.25. The minimum atomic E-state index is -0.229. The van der Waals surface area contributed by atoms with Crippen LogP contribution in [0.15, 0.2) is 30.6 Å². The number of amides is 1. The zero-order valence-corrected chi connectivity index (χ0v) is 13.4. The van der Waals surface area contributed by atoms with E-state index in [-0.39, 0.29) is 12.0 Å². The van der Waals surface area contributed by atoms with Gasteiger partial charge in [-0.05, 0) is 26.2 Å². The molecule has 1 amide bonds. The lowest BCUT2D eigenvalue weighted by molar-refractivity contribution is -0.0266. The van der Waals surface area contributed by atoms with Crippen LogP contribution in [0, 0.1) is 0 Å². The van der Waals surface area contributed by atoms with Gasteiger partial charge in [0, 0.05) is 31.2 Å². The summed E-state index contributed by atoms with van der Waals surface area (Å²) in [5.74, 6) is 0.694. The SMILES string of the molecule is CN(C)Cc1cnc(C2CN(C(=O)c3ccccn3)CCO2)[nH]1. The highest BCUT2D eigenvalue weighted by Crippen LogP contribution is 2.21. The molecule has 7 nitrogen and oxygen atoms in total. The Balaban J connectivity index is 1.68. The van der Waals surface area contributed by atoms with E-state index in [2.05, 4.69) is 19.9 Å². The minimum Gasteiger partial charge on any atom is -0.367 e. The Morgan fingerprint density at radius 2 is 2.30 bits per heavy atom. The normalized spacial score (nSPS) is 18.4. The van der Waals surface area contributed by atoms with Crippen LogP contribution in [0.25, 0.3) is 0 Å². The van der Waals surface area contributed by atoms with E-state index >= 15 is 0 Å². The average Bonchev–Trinajstić information content (AvgIpc) is 3.03. The van der Waals surface area contributed by atoms with Gasteiger partial charge in [-0.2, -0.15) is 0 Å². The number of hydrogen-bond acceptors (Lipinski definition) is 5. The number of rotatable bonds is 4. The van der Waals surface area contributed by atoms with E-state index in [1.165, 1.54) is 0 Å². The van der Waals surface area contributed by atoms with Crippen LogP contribution in [-0.2, 0) is 11.3 Å². The first-order valence-corrected chi connectivity index (χ1v) is 7.64. The molecule has 3 heterocycles. The third-order valence-corrected chi connectivity index (χ3v) is 3.68. The number of morpholine rings is 1. The molecule has 1 fully saturated rings. The molecule has 1 aliphatic heterocycles. The topological polar surface area (TPSA) is 74.3 Å². The Bertz CT molecular complexity index is 656. The van der Waals surface area contributed by atoms with Gasteiger partial charge < -0.3 is 19.5 Å². The van der Waals surface area contributed by atoms with Gasteiger partial charge in [-0.25, -0.2) is 4.98 Å². The number of aromatic nitrogens is 3. The number of hydrogen-bond donors (Lipinski definition) is 1. The summed E-state index contributed by atoms with van der Waals surface area (Å²) >= 11 is 0. The zero-order chi connectivity index (χ0) is 16.2. The lowest BCUT2D eigenvalue weighted by Gasteiger charge is -2.31. The number of imidazole rings is 1. The molecule has 23 heavy (non-hydrogen) atoms. The van der Waals surface area contributed by atoms with Gasteiger partial charge in [0.1, 0.15) is 17.6 Å². The van der Waals surface area contributed by atoms with Crippen molar-refractivity contribution in [3.63, 3.8) is 0 Å². The molecule has 122 valence electrons. The second kappa shape index (κ2) is 6.89. The molecule has 3 rings (SSSR count). The van der Waals surface area contributed by atoms with Crippen molar-refractivity contribution in [2.75, 3.05) is 33.8 Å². The lowest BCUT2D eigenvalue weighted by Crippen LogP contribution is -2.42. The maximum atomic E-state index is 12.5. The van der Waals surface area contributed by atoms with Crippen molar-refractivity contribution >= 4 is 5.91 Å². The summed E-state index contributed by atoms with van der Waals surface area (Å²) in [5.41, 5.74) is 1.49. The van der Waals surface area contributed by atoms with Gasteiger partial charge in [-0.3, -0.25) is 9.78 Å². The molecule has 0 radical (unpaired) electrons. The molecule has 2 aromatic rings. The van der Waals surface area contributed by atoms with Crippen molar-refractivity contribution < 1.29 is 9.53 Å². The Kier molecular flexibility index (Phi) is 4.68. The summed E-state index contributed by atoms with van der Waals surface area (Å²) in [7, 11) is 4.01. The summed E-state index contributed by atoms with van der Waals surface area (Å²) in [5, 5.41) is 0. The van der Waals surface area contributed by atoms with Crippen molar-refractivity contribution in [2.24, 2.45) is 0 Å². The van der Waals surface area contributed by atoms with Crippen LogP contribution in [0.1, 0.15) is 28.1 Å². The number of H-pyrrole nitrogens is 1. The molecule has 0 aliphatic carbocycles. The third-order valence-electron chi connectivity index (χ3n) is 3.68. The molecular formula is C16H21N5O2. The van der Waals surface area contributed by atoms with Gasteiger partial charge in [-0.15, -0.1) is 0 Å². The smallest absolute Gasteiger partial charge is 0.272 e. The molecule has 0 spiro atoms. The summed E-state index contributed by atoms with van der Waals surface area (Å²) in [4.78, 5) is 28.1. The molecule has 0 bridgehead atoms. The Labute approximate surface area is 135 Å². The van der Waals surface area contributed by atoms with E-state index in [1.54, 1.807) is 23.2 Å². The maximum Gasteiger partial charge on any atom is 0.272 e. The fourth-order valence-corrected chi connectivity index (χ4v) is 2.61. The van der Waals surface area contributed by atoms with Crippen LogP contribution in [0.2, 0.25) is 0 Å². The van der Waals surface area contributed by atoms with Crippen LogP contribution >= 0.6 is 0 Å². The van der Waals surface area contributed by atoms with Crippen LogP contribution in [0.5, 0.6) is 0 Å². The zero-order valence-electron chi connectivity index (χ0n) is 13.4. The number of carbonyl (C=O) groups is 1. The van der Waals surface area contributed by atoms with Gasteiger partial charge in [-0.1, -0.05) is 6.07 Å². The number of nitrogens with zero attached hydrogens (tertiary/aromatic N) is 4. The van der Waals surface area contributed by atoms with Gasteiger partial charge in [0.2, 0.25) is 0 Å². The van der Waals surface area contributed by atoms with Gasteiger partial charge in [0.15, 0.2) is 0 Å². The predicted molar refractivity (Wildman–Crippen MR) is 84.8 cm³/mol. The third kappa shape index (κ3) is 3.75. The van der Waals surface area contributed by atoms with E-state index in [0.29, 0.717) is 25.4 Å². The highest BCUT2D eigenvalue weighted by Gasteiger charge is 2.28. The molecule has 7 heteroatoms. The van der Waals surface area contributed by atoms with Crippen LogP contribution in [-0.4, -0.2) is 64.5 Å². The van der Waals surface area contributed by atoms with Crippen molar-refractivity contribution in [1.29, 1.82) is 0 Å². The van der Waals surface area contributed by atoms with Crippen LogP contribution in [0.4, 0.5) is 0 Å². The molecule has 1 atom stereocenters. The van der Waals surface area contributed by atoms with Crippen molar-refractivity contribution in [2.45, 2.75) is 12.6 Å². The predicted octanol–water partition coefficient (Wildman–Crippen LogP) is 1.08. The molecule has 0 saturated carbocycles. The maximum absolute atomic E-state index is 12.5. The summed E-state index contributed by atoms with van der Waals surface area (Å²) in [6, 6.07) is 5.35. The lowest BCUT2D eigenvalue weighted by atomic mass is 10.2. The van der Waals surface area contributed by atoms with Crippen LogP contribution in [0.3, 0.4) is 0 Å². The monoisotopic (exact) mass is 315 g/mol. The molecule has 2 aromatic heterocycles. The van der Waals surface area contributed by atoms with Gasteiger partial charge in [0.05, 0.1) is 13.2 Å². The molecule has 1 saturated heterocycles. The van der Waals surface area contributed by atoms with E-state index < -0.39 is 0 Å². The second-order valence-corrected chi connectivity index (χ2v) is 5.86. The molecule has 1 unspecified atom stereocenters. The number of carbonyl (C=O) groups excluding carboxylic acids is 1. The summed E-state index contributed by atoms with van der Waals surface area (Å²) in [6.45, 7) is 2.32. The van der Waals surface area contributed by atoms with E-state index in [9.17, 15) is 4.79 Å². The quantitative estimate of drug-likeness (QED) is 0.914. The molecule has 1 aliphatic rings. The summed E-state index contributed by atoms with van der Waals surface area (Å²) in [6.07, 6.45) is 3.22. The second-order valence-electron chi connectivity index (χ2n) is 5.86. The summed E-state index contributed by atoms with van der Waals surface area (Å²) < 4.78 is 5.78. The van der Waals surface area contributed by atoms with Crippen LogP contribution < -0.4 is 0 Å². The number of ether oxygens (including phenoxy) is 1. The Morgan fingerprint density at radius 3 is 3.04 bits per heavy atom. The fourth-order valence-electron chi connectivity index (χ4n) is 2.61. The first kappa shape index (κ1) is 15.6. The average molecular weight is 315 g/mol. The fraction of sp³-hybridized carbons (Fsp3) is 0.438. The number of aromatic amines is 1. The minimum absolute atomic E-state index is 0.0704. The first-order chi connectivity index (χ1) is 11.1. The van der Waals surface area contributed by atoms with E-state index in [4.69, 9.17) is 4.74 Å². The van der Waals surface area contributed by atoms with Crippen molar-refractivity contribution in [1.82, 2.24) is 24.8 Å². The van der Waals surface area contributed by atoms with Gasteiger partial charge >= 0.3 is 0 Å². The molecule has 0 aromatic carbocycles. The standard InChI is InChI=1S/C16H21N5O2/c1-20(2)10-12-9-18-15(19-12)14-11-21(7-8-23-14)16(22)13-5-3-4-6-17-13/h3-6,9,14H,7-8,10-11H2,1-2H3,(H,18,19). The first-order valence-electron chi connectivity index (χ1n) is 7.64. The Morgan fingerprint density at radius 1 is 1.43 bits per heavy atom. The van der Waals surface area contributed by atoms with Crippen molar-refractivity contribution in [3.8, 4) is 0 Å². The molecular weight excluding hydrogens is 294 g/mol. The van der Waals surface area contributed by atoms with E-state index in [0.717, 1.165) is 18.1 Å². The highest BCUT2D eigenvalue weighted by atomic mass is 16.5. The number of nitrogens with one attached hydrogen (secondary N) is 1. The van der Waals surface area contributed by atoms with Crippen molar-refractivity contribution in [3.05, 3.63) is 47.8 Å².